The van der Waals surface area contributed by atoms with Crippen LogP contribution < -0.4 is 14.5 Å². The number of hydroxylamine groups is 1. The van der Waals surface area contributed by atoms with Gasteiger partial charge in [-0.1, -0.05) is 36.9 Å². The maximum Gasteiger partial charge on any atom is 0.309 e. The number of ether oxygens (including phenoxy) is 2. The van der Waals surface area contributed by atoms with Crippen LogP contribution in [0.2, 0.25) is 0 Å². The average Bonchev–Trinajstić information content (AvgIpc) is 2.66. The fourth-order valence-corrected chi connectivity index (χ4v) is 2.89. The first-order valence-electron chi connectivity index (χ1n) is 8.55. The molecule has 2 aromatic rings. The molecule has 0 heterocycles. The van der Waals surface area contributed by atoms with Crippen molar-refractivity contribution < 1.29 is 19.5 Å². The van der Waals surface area contributed by atoms with Gasteiger partial charge >= 0.3 is 5.24 Å². The SMILES string of the molecule is CCOc1cccc(N(O)C(=O)SC)c1COc1ccc(CC)cc1C. The number of hydrogen-bond donors (Lipinski definition) is 1. The molecule has 0 spiro atoms. The predicted octanol–water partition coefficient (Wildman–Crippen LogP) is 5.21. The Hall–Kier alpha value is -2.18. The summed E-state index contributed by atoms with van der Waals surface area (Å²) in [5.74, 6) is 1.35. The van der Waals surface area contributed by atoms with Gasteiger partial charge in [-0.05, 0) is 55.9 Å². The van der Waals surface area contributed by atoms with Crippen LogP contribution in [0.4, 0.5) is 10.5 Å². The van der Waals surface area contributed by atoms with Crippen molar-refractivity contribution in [1.29, 1.82) is 0 Å². The zero-order valence-electron chi connectivity index (χ0n) is 15.6. The van der Waals surface area contributed by atoms with E-state index < -0.39 is 5.24 Å². The van der Waals surface area contributed by atoms with Gasteiger partial charge in [0.1, 0.15) is 18.1 Å². The summed E-state index contributed by atoms with van der Waals surface area (Å²) in [5, 5.41) is 10.4. The summed E-state index contributed by atoms with van der Waals surface area (Å²) in [4.78, 5) is 11.9. The average molecular weight is 375 g/mol. The van der Waals surface area contributed by atoms with Crippen molar-refractivity contribution >= 4 is 22.7 Å². The van der Waals surface area contributed by atoms with Gasteiger partial charge in [-0.25, -0.2) is 0 Å². The lowest BCUT2D eigenvalue weighted by Gasteiger charge is -2.21. The van der Waals surface area contributed by atoms with Gasteiger partial charge in [-0.3, -0.25) is 10.0 Å². The molecule has 2 aromatic carbocycles. The van der Waals surface area contributed by atoms with Crippen molar-refractivity contribution in [2.45, 2.75) is 33.8 Å². The quantitative estimate of drug-likeness (QED) is 0.531. The van der Waals surface area contributed by atoms with Crippen LogP contribution in [0.5, 0.6) is 11.5 Å². The van der Waals surface area contributed by atoms with Crippen LogP contribution in [0.3, 0.4) is 0 Å². The van der Waals surface area contributed by atoms with Gasteiger partial charge in [0, 0.05) is 0 Å². The lowest BCUT2D eigenvalue weighted by molar-refractivity contribution is 0.223. The maximum atomic E-state index is 11.9. The molecule has 0 bridgehead atoms. The number of benzene rings is 2. The Kier molecular flexibility index (Phi) is 7.36. The standard InChI is InChI=1S/C20H25NO4S/c1-5-15-10-11-18(14(3)12-15)25-13-16-17(21(23)20(22)26-4)8-7-9-19(16)24-6-2/h7-12,23H,5-6,13H2,1-4H3. The number of anilines is 1. The van der Waals surface area contributed by atoms with E-state index in [0.29, 0.717) is 28.7 Å². The highest BCUT2D eigenvalue weighted by molar-refractivity contribution is 8.13. The van der Waals surface area contributed by atoms with Gasteiger partial charge in [0.25, 0.3) is 0 Å². The van der Waals surface area contributed by atoms with E-state index >= 15 is 0 Å². The minimum Gasteiger partial charge on any atom is -0.493 e. The molecule has 0 aliphatic heterocycles. The van der Waals surface area contributed by atoms with Crippen LogP contribution in [0.15, 0.2) is 36.4 Å². The number of rotatable bonds is 7. The number of thioether (sulfide) groups is 1. The first-order valence-corrected chi connectivity index (χ1v) is 9.78. The highest BCUT2D eigenvalue weighted by Crippen LogP contribution is 2.32. The topological polar surface area (TPSA) is 59.0 Å². The number of aryl methyl sites for hydroxylation is 2. The first kappa shape index (κ1) is 20.1. The lowest BCUT2D eigenvalue weighted by Crippen LogP contribution is -2.24. The van der Waals surface area contributed by atoms with Gasteiger partial charge in [-0.2, -0.15) is 5.06 Å². The molecular formula is C20H25NO4S. The summed E-state index contributed by atoms with van der Waals surface area (Å²) in [7, 11) is 0. The molecule has 0 atom stereocenters. The molecule has 140 valence electrons. The molecule has 6 heteroatoms. The van der Waals surface area contributed by atoms with Crippen molar-refractivity contribution in [3.8, 4) is 11.5 Å². The molecule has 26 heavy (non-hydrogen) atoms. The smallest absolute Gasteiger partial charge is 0.309 e. The zero-order valence-corrected chi connectivity index (χ0v) is 16.4. The molecule has 0 unspecified atom stereocenters. The molecule has 1 N–H and O–H groups in total. The summed E-state index contributed by atoms with van der Waals surface area (Å²) in [5.41, 5.74) is 3.27. The maximum absolute atomic E-state index is 11.9. The highest BCUT2D eigenvalue weighted by atomic mass is 32.2. The van der Waals surface area contributed by atoms with Crippen LogP contribution in [0.1, 0.15) is 30.5 Å². The molecule has 0 aromatic heterocycles. The summed E-state index contributed by atoms with van der Waals surface area (Å²) in [6, 6.07) is 11.3. The van der Waals surface area contributed by atoms with Gasteiger partial charge in [0.2, 0.25) is 0 Å². The summed E-state index contributed by atoms with van der Waals surface area (Å²) in [6.07, 6.45) is 2.58. The molecule has 0 fully saturated rings. The van der Waals surface area contributed by atoms with Gasteiger partial charge < -0.3 is 9.47 Å². The molecule has 1 amide bonds. The number of hydrogen-bond acceptors (Lipinski definition) is 5. The van der Waals surface area contributed by atoms with E-state index in [1.807, 2.05) is 26.0 Å². The van der Waals surface area contributed by atoms with Crippen molar-refractivity contribution in [3.63, 3.8) is 0 Å². The number of nitrogens with zero attached hydrogens (tertiary/aromatic N) is 1. The Bertz CT molecular complexity index is 763. The van der Waals surface area contributed by atoms with E-state index in [9.17, 15) is 10.0 Å². The second-order valence-electron chi connectivity index (χ2n) is 5.71. The largest absolute Gasteiger partial charge is 0.493 e. The summed E-state index contributed by atoms with van der Waals surface area (Å²) < 4.78 is 11.6. The van der Waals surface area contributed by atoms with Crippen molar-refractivity contribution in [2.24, 2.45) is 0 Å². The third-order valence-corrected chi connectivity index (χ3v) is 4.53. The minimum absolute atomic E-state index is 0.177. The predicted molar refractivity (Wildman–Crippen MR) is 106 cm³/mol. The molecule has 0 aliphatic rings. The summed E-state index contributed by atoms with van der Waals surface area (Å²) in [6.45, 7) is 6.64. The first-order chi connectivity index (χ1) is 12.5. The molecule has 0 saturated carbocycles. The number of carbonyl (C=O) groups excluding carboxylic acids is 1. The minimum atomic E-state index is -0.469. The van der Waals surface area contributed by atoms with Gasteiger partial charge in [-0.15, -0.1) is 0 Å². The van der Waals surface area contributed by atoms with Crippen LogP contribution >= 0.6 is 11.8 Å². The van der Waals surface area contributed by atoms with E-state index in [-0.39, 0.29) is 6.61 Å². The van der Waals surface area contributed by atoms with E-state index in [4.69, 9.17) is 9.47 Å². The fraction of sp³-hybridized carbons (Fsp3) is 0.350. The summed E-state index contributed by atoms with van der Waals surface area (Å²) >= 11 is 0.932. The van der Waals surface area contributed by atoms with Gasteiger partial charge in [0.05, 0.1) is 17.9 Å². The van der Waals surface area contributed by atoms with Crippen molar-refractivity contribution in [1.82, 2.24) is 0 Å². The van der Waals surface area contributed by atoms with E-state index in [1.165, 1.54) is 5.56 Å². The highest BCUT2D eigenvalue weighted by Gasteiger charge is 2.20. The molecule has 0 saturated heterocycles. The van der Waals surface area contributed by atoms with Crippen LogP contribution in [0, 0.1) is 6.92 Å². The Labute approximate surface area is 158 Å². The van der Waals surface area contributed by atoms with E-state index in [1.54, 1.807) is 24.5 Å². The van der Waals surface area contributed by atoms with Gasteiger partial charge in [0.15, 0.2) is 0 Å². The Morgan fingerprint density at radius 3 is 2.54 bits per heavy atom. The molecule has 0 radical (unpaired) electrons. The Balaban J connectivity index is 2.32. The number of carbonyl (C=O) groups is 1. The zero-order chi connectivity index (χ0) is 19.1. The number of amides is 1. The normalized spacial score (nSPS) is 10.5. The molecular weight excluding hydrogens is 350 g/mol. The Morgan fingerprint density at radius 2 is 1.92 bits per heavy atom. The second-order valence-corrected chi connectivity index (χ2v) is 6.47. The monoisotopic (exact) mass is 375 g/mol. The molecule has 0 aliphatic carbocycles. The Morgan fingerprint density at radius 1 is 1.15 bits per heavy atom. The molecule has 5 nitrogen and oxygen atoms in total. The van der Waals surface area contributed by atoms with Crippen LogP contribution in [-0.4, -0.2) is 23.3 Å². The fourth-order valence-electron chi connectivity index (χ4n) is 2.62. The van der Waals surface area contributed by atoms with Crippen molar-refractivity contribution in [3.05, 3.63) is 53.1 Å². The van der Waals surface area contributed by atoms with Crippen LogP contribution in [0.25, 0.3) is 0 Å². The third-order valence-electron chi connectivity index (χ3n) is 4.00. The van der Waals surface area contributed by atoms with E-state index in [0.717, 1.165) is 29.5 Å². The second kappa shape index (κ2) is 9.50. The molecule has 2 rings (SSSR count). The third kappa shape index (κ3) is 4.71. The van der Waals surface area contributed by atoms with E-state index in [2.05, 4.69) is 13.0 Å². The van der Waals surface area contributed by atoms with Crippen molar-refractivity contribution in [2.75, 3.05) is 17.9 Å². The lowest BCUT2D eigenvalue weighted by atomic mass is 10.1. The van der Waals surface area contributed by atoms with Crippen LogP contribution in [-0.2, 0) is 13.0 Å².